The summed E-state index contributed by atoms with van der Waals surface area (Å²) in [4.78, 5) is 12.3. The van der Waals surface area contributed by atoms with Crippen molar-refractivity contribution in [3.05, 3.63) is 77.4 Å². The molecule has 1 saturated heterocycles. The molecule has 1 aliphatic carbocycles. The number of hydrogen-bond acceptors (Lipinski definition) is 5. The first-order chi connectivity index (χ1) is 15.6. The first-order valence-electron chi connectivity index (χ1n) is 11.4. The van der Waals surface area contributed by atoms with Crippen LogP contribution >= 0.6 is 12.4 Å². The van der Waals surface area contributed by atoms with E-state index >= 15 is 0 Å². The minimum absolute atomic E-state index is 0. The van der Waals surface area contributed by atoms with Crippen LogP contribution in [0.5, 0.6) is 0 Å². The van der Waals surface area contributed by atoms with Crippen LogP contribution in [0, 0.1) is 19.3 Å². The maximum absolute atomic E-state index is 6.78. The summed E-state index contributed by atoms with van der Waals surface area (Å²) in [6, 6.07) is 16.8. The van der Waals surface area contributed by atoms with Gasteiger partial charge in [-0.3, -0.25) is 4.98 Å². The lowest BCUT2D eigenvalue weighted by molar-refractivity contribution is 0.186. The molecule has 1 fully saturated rings. The van der Waals surface area contributed by atoms with Crippen LogP contribution in [0.1, 0.15) is 41.5 Å². The van der Waals surface area contributed by atoms with Gasteiger partial charge in [-0.1, -0.05) is 36.4 Å². The van der Waals surface area contributed by atoms with Crippen molar-refractivity contribution in [2.24, 2.45) is 11.1 Å². The molecule has 2 N–H and O–H groups in total. The molecule has 0 saturated carbocycles. The van der Waals surface area contributed by atoms with Crippen LogP contribution < -0.4 is 10.6 Å². The smallest absolute Gasteiger partial charge is 0.155 e. The summed E-state index contributed by atoms with van der Waals surface area (Å²) in [5, 5.41) is 4.65. The number of hydrogen-bond donors (Lipinski definition) is 1. The topological polar surface area (TPSA) is 72.3 Å². The lowest BCUT2D eigenvalue weighted by Gasteiger charge is -2.42. The minimum Gasteiger partial charge on any atom is -0.355 e. The molecule has 33 heavy (non-hydrogen) atoms. The van der Waals surface area contributed by atoms with Crippen molar-refractivity contribution in [3.8, 4) is 11.3 Å². The summed E-state index contributed by atoms with van der Waals surface area (Å²) in [5.41, 5.74) is 14.6. The van der Waals surface area contributed by atoms with Crippen LogP contribution in [0.15, 0.2) is 54.7 Å². The molecule has 0 radical (unpaired) electrons. The molecule has 1 aromatic carbocycles. The monoisotopic (exact) mass is 460 g/mol. The van der Waals surface area contributed by atoms with Gasteiger partial charge < -0.3 is 10.6 Å². The van der Waals surface area contributed by atoms with Gasteiger partial charge in [0.25, 0.3) is 0 Å². The third-order valence-corrected chi connectivity index (χ3v) is 7.47. The number of aryl methyl sites for hydroxylation is 2. The van der Waals surface area contributed by atoms with Crippen molar-refractivity contribution in [3.63, 3.8) is 0 Å². The predicted molar refractivity (Wildman–Crippen MR) is 134 cm³/mol. The van der Waals surface area contributed by atoms with Crippen molar-refractivity contribution in [2.75, 3.05) is 18.0 Å². The second kappa shape index (κ2) is 8.12. The van der Waals surface area contributed by atoms with Crippen LogP contribution in [0.2, 0.25) is 0 Å². The van der Waals surface area contributed by atoms with Gasteiger partial charge in [-0.05, 0) is 56.2 Å². The molecule has 0 bridgehead atoms. The second-order valence-electron chi connectivity index (χ2n) is 9.36. The second-order valence-corrected chi connectivity index (χ2v) is 9.36. The molecule has 1 atom stereocenters. The van der Waals surface area contributed by atoms with Crippen LogP contribution in [-0.2, 0) is 6.42 Å². The van der Waals surface area contributed by atoms with Crippen LogP contribution in [0.4, 0.5) is 5.82 Å². The Balaban J connectivity index is 0.00000228. The Bertz CT molecular complexity index is 1310. The highest BCUT2D eigenvalue weighted by molar-refractivity contribution is 5.85. The number of piperidine rings is 1. The van der Waals surface area contributed by atoms with E-state index in [1.54, 1.807) is 0 Å². The van der Waals surface area contributed by atoms with Gasteiger partial charge in [-0.15, -0.1) is 12.4 Å². The SMILES string of the molecule is Cc1ccc2c(n1)CC1(CCN(c3nc(C)c(-c4ccccc4)n4nccc34)CC1)[C@@H]2N.Cl. The van der Waals surface area contributed by atoms with E-state index in [1.807, 2.05) is 16.8 Å². The average Bonchev–Trinajstić information content (AvgIpc) is 3.38. The number of aromatic nitrogens is 4. The molecule has 0 amide bonds. The predicted octanol–water partition coefficient (Wildman–Crippen LogP) is 4.67. The van der Waals surface area contributed by atoms with Crippen molar-refractivity contribution < 1.29 is 0 Å². The van der Waals surface area contributed by atoms with E-state index in [-0.39, 0.29) is 23.9 Å². The van der Waals surface area contributed by atoms with Gasteiger partial charge in [-0.2, -0.15) is 5.10 Å². The Labute approximate surface area is 200 Å². The van der Waals surface area contributed by atoms with Gasteiger partial charge in [-0.25, -0.2) is 9.50 Å². The third kappa shape index (κ3) is 3.40. The zero-order valence-electron chi connectivity index (χ0n) is 19.0. The van der Waals surface area contributed by atoms with Gasteiger partial charge in [0.1, 0.15) is 5.52 Å². The number of fused-ring (bicyclic) bond motifs is 2. The zero-order chi connectivity index (χ0) is 21.9. The van der Waals surface area contributed by atoms with E-state index in [9.17, 15) is 0 Å². The van der Waals surface area contributed by atoms with E-state index < -0.39 is 0 Å². The van der Waals surface area contributed by atoms with Gasteiger partial charge in [0.15, 0.2) is 5.82 Å². The van der Waals surface area contributed by atoms with Gasteiger partial charge in [0.05, 0.1) is 17.6 Å². The lowest BCUT2D eigenvalue weighted by Crippen LogP contribution is -2.44. The van der Waals surface area contributed by atoms with Crippen molar-refractivity contribution in [1.82, 2.24) is 19.6 Å². The molecule has 1 aliphatic heterocycles. The van der Waals surface area contributed by atoms with Crippen molar-refractivity contribution in [1.29, 1.82) is 0 Å². The lowest BCUT2D eigenvalue weighted by atomic mass is 9.73. The fraction of sp³-hybridized carbons (Fsp3) is 0.346. The van der Waals surface area contributed by atoms with E-state index in [1.165, 1.54) is 11.3 Å². The molecule has 170 valence electrons. The molecule has 4 aromatic rings. The molecule has 0 unspecified atom stereocenters. The molecule has 6 rings (SSSR count). The number of pyridine rings is 1. The summed E-state index contributed by atoms with van der Waals surface area (Å²) in [6.07, 6.45) is 4.95. The van der Waals surface area contributed by atoms with Crippen LogP contribution in [0.25, 0.3) is 16.8 Å². The minimum atomic E-state index is 0. The van der Waals surface area contributed by atoms with E-state index in [0.29, 0.717) is 0 Å². The molecular weight excluding hydrogens is 432 g/mol. The van der Waals surface area contributed by atoms with Crippen molar-refractivity contribution >= 4 is 23.7 Å². The van der Waals surface area contributed by atoms with Crippen LogP contribution in [-0.4, -0.2) is 32.7 Å². The number of nitrogens with two attached hydrogens (primary N) is 1. The van der Waals surface area contributed by atoms with Crippen LogP contribution in [0.3, 0.4) is 0 Å². The molecule has 3 aromatic heterocycles. The molecule has 4 heterocycles. The summed E-state index contributed by atoms with van der Waals surface area (Å²) < 4.78 is 2.04. The molecule has 2 aliphatic rings. The summed E-state index contributed by atoms with van der Waals surface area (Å²) in [7, 11) is 0. The van der Waals surface area contributed by atoms with Crippen molar-refractivity contribution in [2.45, 2.75) is 39.2 Å². The van der Waals surface area contributed by atoms with Gasteiger partial charge in [0.2, 0.25) is 0 Å². The molecule has 1 spiro atoms. The molecule has 7 heteroatoms. The Kier molecular flexibility index (Phi) is 5.38. The number of benzene rings is 1. The normalized spacial score (nSPS) is 19.0. The fourth-order valence-electron chi connectivity index (χ4n) is 5.70. The summed E-state index contributed by atoms with van der Waals surface area (Å²) >= 11 is 0. The van der Waals surface area contributed by atoms with E-state index in [2.05, 4.69) is 66.3 Å². The average molecular weight is 461 g/mol. The highest BCUT2D eigenvalue weighted by Crippen LogP contribution is 2.50. The fourth-order valence-corrected chi connectivity index (χ4v) is 5.70. The Morgan fingerprint density at radius 3 is 2.48 bits per heavy atom. The first kappa shape index (κ1) is 21.9. The van der Waals surface area contributed by atoms with Gasteiger partial charge >= 0.3 is 0 Å². The van der Waals surface area contributed by atoms with Gasteiger partial charge in [0, 0.05) is 36.1 Å². The molecular formula is C26H29ClN6. The zero-order valence-corrected chi connectivity index (χ0v) is 19.8. The maximum Gasteiger partial charge on any atom is 0.155 e. The maximum atomic E-state index is 6.78. The summed E-state index contributed by atoms with van der Waals surface area (Å²) in [5.74, 6) is 1.02. The van der Waals surface area contributed by atoms with E-state index in [0.717, 1.165) is 66.3 Å². The Hall–Kier alpha value is -2.96. The third-order valence-electron chi connectivity index (χ3n) is 7.47. The molecule has 6 nitrogen and oxygen atoms in total. The standard InChI is InChI=1S/C26H28N6.ClH/c1-17-8-9-20-21(29-17)16-26(24(20)27)11-14-31(15-12-26)25-22-10-13-28-32(22)23(18(2)30-25)19-6-4-3-5-7-19;/h3-10,13,24H,11-12,14-16,27H2,1-2H3;1H/t24-;/m1./s1. The largest absolute Gasteiger partial charge is 0.355 e. The highest BCUT2D eigenvalue weighted by atomic mass is 35.5. The number of halogens is 1. The first-order valence-corrected chi connectivity index (χ1v) is 11.4. The number of anilines is 1. The summed E-state index contributed by atoms with van der Waals surface area (Å²) in [6.45, 7) is 6.02. The quantitative estimate of drug-likeness (QED) is 0.470. The highest BCUT2D eigenvalue weighted by Gasteiger charge is 2.47. The number of nitrogens with zero attached hydrogens (tertiary/aromatic N) is 5. The Morgan fingerprint density at radius 2 is 1.73 bits per heavy atom. The number of rotatable bonds is 2. The van der Waals surface area contributed by atoms with E-state index in [4.69, 9.17) is 15.7 Å². The Morgan fingerprint density at radius 1 is 0.970 bits per heavy atom.